The van der Waals surface area contributed by atoms with Gasteiger partial charge in [-0.05, 0) is 58.6 Å². The molecule has 13 nitrogen and oxygen atoms in total. The van der Waals surface area contributed by atoms with Gasteiger partial charge >= 0.3 is 6.09 Å². The molecule has 0 fully saturated rings. The minimum atomic E-state index is -1.28. The Morgan fingerprint density at radius 1 is 0.963 bits per heavy atom. The van der Waals surface area contributed by atoms with Gasteiger partial charge in [0.15, 0.2) is 41.3 Å². The summed E-state index contributed by atoms with van der Waals surface area (Å²) in [6, 6.07) is 0.459. The maximum absolute atomic E-state index is 15.2. The van der Waals surface area contributed by atoms with Crippen molar-refractivity contribution in [3.8, 4) is 28.7 Å². The number of amides is 2. The standard InChI is InChI=1S/C41H58N2O11/c1-13-16-19-52-36-28(24-44)27(21-25(4)33(36)48-10)22-29(42(9)40(47)54-41(6,7)8)38(46)43-23-30(45)31-32(39(43)53-20-17-14-2)37(50-12)35(49-11)26(5)34(31)51-18-15-3/h15,21,24,29,39H,3,13-14,16-20,22-23H2,1-2,4-12H3/t29-,39+/m1/s1. The molecule has 298 valence electrons. The third-order valence-corrected chi connectivity index (χ3v) is 9.02. The highest BCUT2D eigenvalue weighted by molar-refractivity contribution is 6.06. The number of unbranched alkanes of at least 4 members (excludes halogenated alkanes) is 2. The monoisotopic (exact) mass is 754 g/mol. The molecule has 0 N–H and O–H groups in total. The molecule has 54 heavy (non-hydrogen) atoms. The predicted octanol–water partition coefficient (Wildman–Crippen LogP) is 7.20. The summed E-state index contributed by atoms with van der Waals surface area (Å²) in [6.45, 7) is 16.8. The first kappa shape index (κ1) is 43.6. The van der Waals surface area contributed by atoms with Crippen molar-refractivity contribution in [1.82, 2.24) is 9.80 Å². The van der Waals surface area contributed by atoms with E-state index < -0.39 is 42.2 Å². The topological polar surface area (TPSA) is 139 Å². The van der Waals surface area contributed by atoms with E-state index >= 15 is 4.79 Å². The molecular formula is C41H58N2O11. The Morgan fingerprint density at radius 3 is 2.15 bits per heavy atom. The minimum absolute atomic E-state index is 0.104. The van der Waals surface area contributed by atoms with E-state index in [1.165, 1.54) is 38.2 Å². The summed E-state index contributed by atoms with van der Waals surface area (Å²) in [7, 11) is 5.87. The lowest BCUT2D eigenvalue weighted by atomic mass is 9.90. The smallest absolute Gasteiger partial charge is 0.410 e. The Morgan fingerprint density at radius 2 is 1.59 bits per heavy atom. The van der Waals surface area contributed by atoms with Gasteiger partial charge in [0.25, 0.3) is 0 Å². The molecule has 0 aliphatic carbocycles. The lowest BCUT2D eigenvalue weighted by molar-refractivity contribution is -0.152. The van der Waals surface area contributed by atoms with Crippen LogP contribution >= 0.6 is 0 Å². The second-order valence-corrected chi connectivity index (χ2v) is 14.1. The number of aryl methyl sites for hydroxylation is 1. The Hall–Kier alpha value is -4.78. The molecule has 0 saturated heterocycles. The third-order valence-electron chi connectivity index (χ3n) is 9.02. The normalized spacial score (nSPS) is 14.5. The molecule has 13 heteroatoms. The van der Waals surface area contributed by atoms with Crippen molar-refractivity contribution in [2.45, 2.75) is 98.4 Å². The fourth-order valence-electron chi connectivity index (χ4n) is 6.40. The van der Waals surface area contributed by atoms with Crippen LogP contribution in [-0.4, -0.2) is 100 Å². The van der Waals surface area contributed by atoms with E-state index in [2.05, 4.69) is 6.58 Å². The number of hydrogen-bond donors (Lipinski definition) is 0. The van der Waals surface area contributed by atoms with E-state index in [4.69, 9.17) is 33.2 Å². The Kier molecular flexibility index (Phi) is 15.8. The summed E-state index contributed by atoms with van der Waals surface area (Å²) in [5.74, 6) is 0.380. The van der Waals surface area contributed by atoms with Crippen molar-refractivity contribution >= 4 is 24.1 Å². The predicted molar refractivity (Wildman–Crippen MR) is 205 cm³/mol. The second-order valence-electron chi connectivity index (χ2n) is 14.1. The molecular weight excluding hydrogens is 696 g/mol. The van der Waals surface area contributed by atoms with Gasteiger partial charge in [-0.2, -0.15) is 0 Å². The number of carbonyl (C=O) groups excluding carboxylic acids is 4. The fraction of sp³-hybridized carbons (Fsp3) is 0.561. The first-order valence-corrected chi connectivity index (χ1v) is 18.4. The van der Waals surface area contributed by atoms with Gasteiger partial charge in [-0.15, -0.1) is 0 Å². The summed E-state index contributed by atoms with van der Waals surface area (Å²) >= 11 is 0. The zero-order chi connectivity index (χ0) is 40.3. The number of hydrogen-bond acceptors (Lipinski definition) is 11. The molecule has 1 aliphatic rings. The quantitative estimate of drug-likeness (QED) is 0.0817. The van der Waals surface area contributed by atoms with Crippen molar-refractivity contribution in [3.63, 3.8) is 0 Å². The number of likely N-dealkylation sites (N-methyl/N-ethyl adjacent to an activating group) is 1. The number of ether oxygens (including phenoxy) is 7. The molecule has 2 atom stereocenters. The average Bonchev–Trinajstić information content (AvgIpc) is 3.12. The Balaban J connectivity index is 2.33. The van der Waals surface area contributed by atoms with Crippen LogP contribution in [0.3, 0.4) is 0 Å². The van der Waals surface area contributed by atoms with E-state index in [-0.39, 0.29) is 53.6 Å². The molecule has 3 rings (SSSR count). The molecule has 1 aliphatic heterocycles. The van der Waals surface area contributed by atoms with E-state index in [9.17, 15) is 14.4 Å². The number of aldehydes is 1. The van der Waals surface area contributed by atoms with Crippen LogP contribution in [0.25, 0.3) is 0 Å². The van der Waals surface area contributed by atoms with Crippen LogP contribution in [-0.2, 0) is 20.7 Å². The van der Waals surface area contributed by atoms with Crippen molar-refractivity contribution in [2.24, 2.45) is 0 Å². The third kappa shape index (κ3) is 9.65. The minimum Gasteiger partial charge on any atom is -0.493 e. The van der Waals surface area contributed by atoms with E-state index in [0.29, 0.717) is 47.5 Å². The summed E-state index contributed by atoms with van der Waals surface area (Å²) in [4.78, 5) is 58.5. The Bertz CT molecular complexity index is 1680. The number of benzene rings is 2. The van der Waals surface area contributed by atoms with Gasteiger partial charge in [0.05, 0.1) is 51.2 Å². The lowest BCUT2D eigenvalue weighted by Crippen LogP contribution is -2.55. The van der Waals surface area contributed by atoms with Gasteiger partial charge in [-0.25, -0.2) is 4.79 Å². The SMILES string of the molecule is C=CCOc1c(C)c(OC)c(OC)c2c1C(=O)CN(C(=O)[C@@H](Cc1cc(C)c(OC)c(OCCCC)c1C=O)N(C)C(=O)OC(C)(C)C)[C@H]2OCCCC. The van der Waals surface area contributed by atoms with Crippen molar-refractivity contribution in [1.29, 1.82) is 0 Å². The largest absolute Gasteiger partial charge is 0.493 e. The summed E-state index contributed by atoms with van der Waals surface area (Å²) < 4.78 is 41.7. The van der Waals surface area contributed by atoms with Crippen molar-refractivity contribution < 1.29 is 52.3 Å². The molecule has 0 saturated carbocycles. The second kappa shape index (κ2) is 19.5. The maximum atomic E-state index is 15.2. The van der Waals surface area contributed by atoms with Crippen molar-refractivity contribution in [3.05, 3.63) is 52.1 Å². The van der Waals surface area contributed by atoms with Crippen molar-refractivity contribution in [2.75, 3.05) is 54.7 Å². The van der Waals surface area contributed by atoms with Gasteiger partial charge in [-0.3, -0.25) is 19.3 Å². The van der Waals surface area contributed by atoms with Crippen LogP contribution < -0.4 is 23.7 Å². The zero-order valence-corrected chi connectivity index (χ0v) is 33.8. The van der Waals surface area contributed by atoms with Crippen LogP contribution in [0, 0.1) is 13.8 Å². The summed E-state index contributed by atoms with van der Waals surface area (Å²) in [5.41, 5.74) is 1.40. The van der Waals surface area contributed by atoms with E-state index in [0.717, 1.165) is 19.3 Å². The van der Waals surface area contributed by atoms with Crippen LogP contribution in [0.1, 0.15) is 109 Å². The lowest BCUT2D eigenvalue weighted by Gasteiger charge is -2.41. The van der Waals surface area contributed by atoms with E-state index in [1.807, 2.05) is 20.8 Å². The number of Topliss-reactive ketones (excluding diaryl/α,β-unsaturated/α-hetero) is 1. The Labute approximate surface area is 319 Å². The van der Waals surface area contributed by atoms with Crippen LogP contribution in [0.4, 0.5) is 4.79 Å². The number of nitrogens with zero attached hydrogens (tertiary/aromatic N) is 2. The summed E-state index contributed by atoms with van der Waals surface area (Å²) in [5, 5.41) is 0. The average molecular weight is 755 g/mol. The molecule has 2 aromatic carbocycles. The van der Waals surface area contributed by atoms with Gasteiger partial charge in [0.2, 0.25) is 5.91 Å². The van der Waals surface area contributed by atoms with Gasteiger partial charge in [0, 0.05) is 25.6 Å². The number of methoxy groups -OCH3 is 3. The number of rotatable bonds is 19. The first-order valence-electron chi connectivity index (χ1n) is 18.4. The molecule has 1 heterocycles. The maximum Gasteiger partial charge on any atom is 0.410 e. The van der Waals surface area contributed by atoms with Crippen LogP contribution in [0.5, 0.6) is 28.7 Å². The fourth-order valence-corrected chi connectivity index (χ4v) is 6.40. The van der Waals surface area contributed by atoms with Gasteiger partial charge < -0.3 is 38.1 Å². The molecule has 0 unspecified atom stereocenters. The molecule has 0 aromatic heterocycles. The number of fused-ring (bicyclic) bond motifs is 1. The highest BCUT2D eigenvalue weighted by Crippen LogP contribution is 2.50. The number of carbonyl (C=O) groups is 4. The summed E-state index contributed by atoms with van der Waals surface area (Å²) in [6.07, 6.45) is 3.21. The zero-order valence-electron chi connectivity index (χ0n) is 33.8. The molecule has 0 radical (unpaired) electrons. The van der Waals surface area contributed by atoms with E-state index in [1.54, 1.807) is 39.8 Å². The molecule has 0 bridgehead atoms. The molecule has 0 spiro atoms. The number of ketones is 1. The first-order chi connectivity index (χ1) is 25.6. The van der Waals surface area contributed by atoms with Gasteiger partial charge in [-0.1, -0.05) is 45.4 Å². The highest BCUT2D eigenvalue weighted by Gasteiger charge is 2.46. The highest BCUT2D eigenvalue weighted by atomic mass is 16.6. The van der Waals surface area contributed by atoms with Crippen LogP contribution in [0.15, 0.2) is 18.7 Å². The van der Waals surface area contributed by atoms with Crippen LogP contribution in [0.2, 0.25) is 0 Å². The van der Waals surface area contributed by atoms with Gasteiger partial charge in [0.1, 0.15) is 24.0 Å². The molecule has 2 aromatic rings. The molecule has 2 amide bonds.